The Labute approximate surface area is 109 Å². The third-order valence-electron chi connectivity index (χ3n) is 2.48. The lowest BCUT2D eigenvalue weighted by atomic mass is 10.1. The lowest BCUT2D eigenvalue weighted by molar-refractivity contribution is -0.122. The molecule has 2 rings (SSSR count). The molecule has 0 N–H and O–H groups in total. The van der Waals surface area contributed by atoms with E-state index in [0.29, 0.717) is 12.8 Å². The first-order valence-electron chi connectivity index (χ1n) is 4.92. The van der Waals surface area contributed by atoms with Crippen LogP contribution in [0.2, 0.25) is 0 Å². The molecule has 0 bridgehead atoms. The van der Waals surface area contributed by atoms with Crippen molar-refractivity contribution in [1.82, 2.24) is 0 Å². The van der Waals surface area contributed by atoms with Gasteiger partial charge in [0.25, 0.3) is 0 Å². The number of alkyl halides is 3. The Morgan fingerprint density at radius 1 is 1.31 bits per heavy atom. The van der Waals surface area contributed by atoms with Crippen molar-refractivity contribution < 1.29 is 4.79 Å². The highest BCUT2D eigenvalue weighted by Gasteiger charge is 2.26. The van der Waals surface area contributed by atoms with Crippen molar-refractivity contribution in [2.75, 3.05) is 11.4 Å². The molecular weight excluding hydrogens is 268 g/mol. The Morgan fingerprint density at radius 2 is 2.06 bits per heavy atom. The van der Waals surface area contributed by atoms with Crippen LogP contribution in [-0.2, 0) is 11.2 Å². The third kappa shape index (κ3) is 2.82. The topological polar surface area (TPSA) is 20.3 Å². The van der Waals surface area contributed by atoms with E-state index in [-0.39, 0.29) is 5.91 Å². The Hall–Kier alpha value is -0.440. The molecule has 1 aromatic carbocycles. The van der Waals surface area contributed by atoms with Gasteiger partial charge in [0.1, 0.15) is 0 Å². The predicted octanol–water partition coefficient (Wildman–Crippen LogP) is 3.34. The molecule has 1 aliphatic heterocycles. The smallest absolute Gasteiger partial charge is 0.228 e. The van der Waals surface area contributed by atoms with Gasteiger partial charge < -0.3 is 4.90 Å². The number of carbonyl (C=O) groups excluding carboxylic acids is 1. The van der Waals surface area contributed by atoms with Crippen molar-refractivity contribution in [2.24, 2.45) is 0 Å². The second-order valence-corrected chi connectivity index (χ2v) is 6.27. The molecule has 1 saturated heterocycles. The number of benzene rings is 1. The van der Waals surface area contributed by atoms with Gasteiger partial charge in [-0.05, 0) is 17.7 Å². The summed E-state index contributed by atoms with van der Waals surface area (Å²) in [5.74, 6) is 0.144. The summed E-state index contributed by atoms with van der Waals surface area (Å²) < 4.78 is -1.29. The minimum Gasteiger partial charge on any atom is -0.312 e. The quantitative estimate of drug-likeness (QED) is 0.600. The fraction of sp³-hybridized carbons (Fsp3) is 0.364. The lowest BCUT2D eigenvalue weighted by Gasteiger charge is -2.31. The standard InChI is InChI=1S/C11H10Cl3NO/c12-11(13,14)7-8-2-1-3-9(6-8)15-5-4-10(15)16/h1-3,6H,4-5,7H2. The SMILES string of the molecule is O=C1CCN1c1cccc(CC(Cl)(Cl)Cl)c1. The summed E-state index contributed by atoms with van der Waals surface area (Å²) in [4.78, 5) is 13.0. The number of hydrogen-bond donors (Lipinski definition) is 0. The number of anilines is 1. The Balaban J connectivity index is 2.16. The van der Waals surface area contributed by atoms with Gasteiger partial charge in [0.2, 0.25) is 5.91 Å². The van der Waals surface area contributed by atoms with E-state index < -0.39 is 3.79 Å². The molecule has 1 fully saturated rings. The van der Waals surface area contributed by atoms with E-state index in [1.807, 2.05) is 24.3 Å². The molecule has 0 radical (unpaired) electrons. The summed E-state index contributed by atoms with van der Waals surface area (Å²) in [7, 11) is 0. The number of nitrogens with zero attached hydrogens (tertiary/aromatic N) is 1. The maximum absolute atomic E-state index is 11.3. The molecule has 86 valence electrons. The molecule has 0 aromatic heterocycles. The van der Waals surface area contributed by atoms with Gasteiger partial charge in [-0.25, -0.2) is 0 Å². The summed E-state index contributed by atoms with van der Waals surface area (Å²) in [5.41, 5.74) is 1.79. The second-order valence-electron chi connectivity index (χ2n) is 3.76. The second kappa shape index (κ2) is 4.44. The molecule has 1 aliphatic rings. The van der Waals surface area contributed by atoms with Crippen LogP contribution in [0.25, 0.3) is 0 Å². The average Bonchev–Trinajstić information content (AvgIpc) is 2.13. The van der Waals surface area contributed by atoms with Crippen LogP contribution in [0.5, 0.6) is 0 Å². The number of hydrogen-bond acceptors (Lipinski definition) is 1. The van der Waals surface area contributed by atoms with Crippen LogP contribution in [-0.4, -0.2) is 16.2 Å². The summed E-state index contributed by atoms with van der Waals surface area (Å²) in [6, 6.07) is 7.53. The number of carbonyl (C=O) groups is 1. The molecule has 0 unspecified atom stereocenters. The van der Waals surface area contributed by atoms with Gasteiger partial charge in [-0.15, -0.1) is 0 Å². The zero-order chi connectivity index (χ0) is 11.8. The van der Waals surface area contributed by atoms with Crippen molar-refractivity contribution in [3.05, 3.63) is 29.8 Å². The van der Waals surface area contributed by atoms with Gasteiger partial charge in [-0.2, -0.15) is 0 Å². The number of rotatable bonds is 2. The molecule has 0 atom stereocenters. The van der Waals surface area contributed by atoms with E-state index >= 15 is 0 Å². The molecule has 2 nitrogen and oxygen atoms in total. The first kappa shape index (κ1) is 12.0. The highest BCUT2D eigenvalue weighted by Crippen LogP contribution is 2.32. The van der Waals surface area contributed by atoms with Crippen LogP contribution in [0.15, 0.2) is 24.3 Å². The van der Waals surface area contributed by atoms with Gasteiger partial charge in [0.05, 0.1) is 0 Å². The van der Waals surface area contributed by atoms with Crippen LogP contribution in [0.1, 0.15) is 12.0 Å². The van der Waals surface area contributed by atoms with Gasteiger partial charge in [-0.1, -0.05) is 46.9 Å². The first-order chi connectivity index (χ1) is 7.46. The van der Waals surface area contributed by atoms with E-state index in [4.69, 9.17) is 34.8 Å². The monoisotopic (exact) mass is 277 g/mol. The van der Waals surface area contributed by atoms with E-state index in [1.165, 1.54) is 0 Å². The normalized spacial score (nSPS) is 16.2. The average molecular weight is 279 g/mol. The summed E-state index contributed by atoms with van der Waals surface area (Å²) >= 11 is 17.2. The minimum atomic E-state index is -1.29. The predicted molar refractivity (Wildman–Crippen MR) is 67.4 cm³/mol. The number of β-lactam (4-membered cyclic amide) rings is 1. The van der Waals surface area contributed by atoms with Crippen molar-refractivity contribution in [3.8, 4) is 0 Å². The van der Waals surface area contributed by atoms with Crippen molar-refractivity contribution in [3.63, 3.8) is 0 Å². The Bertz CT molecular complexity index is 414. The Morgan fingerprint density at radius 3 is 2.56 bits per heavy atom. The van der Waals surface area contributed by atoms with Gasteiger partial charge in [0.15, 0.2) is 3.79 Å². The highest BCUT2D eigenvalue weighted by molar-refractivity contribution is 6.67. The highest BCUT2D eigenvalue weighted by atomic mass is 35.6. The summed E-state index contributed by atoms with van der Waals surface area (Å²) in [6.07, 6.45) is 0.961. The maximum Gasteiger partial charge on any atom is 0.228 e. The van der Waals surface area contributed by atoms with Crippen LogP contribution in [0.3, 0.4) is 0 Å². The number of halogens is 3. The largest absolute Gasteiger partial charge is 0.312 e. The molecule has 1 aromatic rings. The van der Waals surface area contributed by atoms with E-state index in [9.17, 15) is 4.79 Å². The molecule has 1 amide bonds. The third-order valence-corrected chi connectivity index (χ3v) is 2.88. The molecule has 0 saturated carbocycles. The molecular formula is C11H10Cl3NO. The van der Waals surface area contributed by atoms with Crippen molar-refractivity contribution in [1.29, 1.82) is 0 Å². The summed E-state index contributed by atoms with van der Waals surface area (Å²) in [6.45, 7) is 0.774. The summed E-state index contributed by atoms with van der Waals surface area (Å²) in [5, 5.41) is 0. The molecule has 0 spiro atoms. The zero-order valence-corrected chi connectivity index (χ0v) is 10.7. The molecule has 5 heteroatoms. The van der Waals surface area contributed by atoms with E-state index in [0.717, 1.165) is 17.8 Å². The van der Waals surface area contributed by atoms with Crippen molar-refractivity contribution in [2.45, 2.75) is 16.6 Å². The molecule has 16 heavy (non-hydrogen) atoms. The number of amides is 1. The lowest BCUT2D eigenvalue weighted by Crippen LogP contribution is -2.43. The van der Waals surface area contributed by atoms with E-state index in [1.54, 1.807) is 4.90 Å². The van der Waals surface area contributed by atoms with Crippen molar-refractivity contribution >= 4 is 46.4 Å². The fourth-order valence-corrected chi connectivity index (χ4v) is 2.12. The van der Waals surface area contributed by atoms with Gasteiger partial charge >= 0.3 is 0 Å². The van der Waals surface area contributed by atoms with Crippen LogP contribution < -0.4 is 4.90 Å². The van der Waals surface area contributed by atoms with Gasteiger partial charge in [0, 0.05) is 25.1 Å². The van der Waals surface area contributed by atoms with Gasteiger partial charge in [-0.3, -0.25) is 4.79 Å². The van der Waals surface area contributed by atoms with Crippen LogP contribution >= 0.6 is 34.8 Å². The van der Waals surface area contributed by atoms with E-state index in [2.05, 4.69) is 0 Å². The van der Waals surface area contributed by atoms with Crippen LogP contribution in [0.4, 0.5) is 5.69 Å². The molecule has 1 heterocycles. The maximum atomic E-state index is 11.3. The zero-order valence-electron chi connectivity index (χ0n) is 8.42. The molecule has 0 aliphatic carbocycles. The Kier molecular flexibility index (Phi) is 3.34. The first-order valence-corrected chi connectivity index (χ1v) is 6.05. The minimum absolute atomic E-state index is 0.144. The van der Waals surface area contributed by atoms with Crippen LogP contribution in [0, 0.1) is 0 Å². The fourth-order valence-electron chi connectivity index (χ4n) is 1.65.